The van der Waals surface area contributed by atoms with E-state index in [2.05, 4.69) is 22.1 Å². The van der Waals surface area contributed by atoms with Crippen molar-refractivity contribution in [2.45, 2.75) is 12.8 Å². The molecule has 1 saturated heterocycles. The van der Waals surface area contributed by atoms with Crippen LogP contribution in [0, 0.1) is 5.92 Å². The molecule has 1 aliphatic heterocycles. The van der Waals surface area contributed by atoms with E-state index in [1.54, 1.807) is 11.3 Å². The van der Waals surface area contributed by atoms with Crippen LogP contribution in [-0.4, -0.2) is 39.5 Å². The standard InChI is InChI=1S/C13H21NO2S/c1(12-3-8-17-11-12)4-14-5-7-16-10-13-2-6-15-9-13/h3,8,11,13-14H,1-2,4-7,9-10H2. The molecular formula is C13H21NO2S. The summed E-state index contributed by atoms with van der Waals surface area (Å²) in [5, 5.41) is 7.73. The average molecular weight is 255 g/mol. The lowest BCUT2D eigenvalue weighted by Crippen LogP contribution is -2.23. The minimum absolute atomic E-state index is 0.626. The monoisotopic (exact) mass is 255 g/mol. The fourth-order valence-electron chi connectivity index (χ4n) is 1.90. The molecule has 0 bridgehead atoms. The topological polar surface area (TPSA) is 30.5 Å². The lowest BCUT2D eigenvalue weighted by molar-refractivity contribution is 0.0915. The molecule has 3 nitrogen and oxygen atoms in total. The number of hydrogen-bond donors (Lipinski definition) is 1. The van der Waals surface area contributed by atoms with Gasteiger partial charge in [0.05, 0.1) is 19.8 Å². The molecule has 1 aliphatic rings. The molecular weight excluding hydrogens is 234 g/mol. The van der Waals surface area contributed by atoms with Crippen molar-refractivity contribution in [3.63, 3.8) is 0 Å². The molecule has 4 heteroatoms. The number of rotatable bonds is 8. The Morgan fingerprint density at radius 1 is 1.47 bits per heavy atom. The van der Waals surface area contributed by atoms with Crippen LogP contribution in [0.4, 0.5) is 0 Å². The molecule has 96 valence electrons. The van der Waals surface area contributed by atoms with Crippen LogP contribution in [0.1, 0.15) is 12.0 Å². The van der Waals surface area contributed by atoms with Crippen LogP contribution in [0.25, 0.3) is 0 Å². The zero-order chi connectivity index (χ0) is 11.8. The smallest absolute Gasteiger partial charge is 0.0591 e. The third-order valence-electron chi connectivity index (χ3n) is 2.97. The lowest BCUT2D eigenvalue weighted by atomic mass is 10.1. The van der Waals surface area contributed by atoms with Crippen LogP contribution < -0.4 is 5.32 Å². The van der Waals surface area contributed by atoms with E-state index in [4.69, 9.17) is 9.47 Å². The summed E-state index contributed by atoms with van der Waals surface area (Å²) >= 11 is 1.76. The van der Waals surface area contributed by atoms with Crippen LogP contribution in [-0.2, 0) is 15.9 Å². The maximum atomic E-state index is 5.61. The summed E-state index contributed by atoms with van der Waals surface area (Å²) in [4.78, 5) is 0. The van der Waals surface area contributed by atoms with Gasteiger partial charge in [-0.15, -0.1) is 0 Å². The van der Waals surface area contributed by atoms with Crippen molar-refractivity contribution in [3.05, 3.63) is 22.4 Å². The second-order valence-corrected chi connectivity index (χ2v) is 5.22. The number of nitrogens with one attached hydrogen (secondary N) is 1. The van der Waals surface area contributed by atoms with Crippen molar-refractivity contribution in [1.82, 2.24) is 5.32 Å². The Morgan fingerprint density at radius 2 is 2.47 bits per heavy atom. The molecule has 1 unspecified atom stereocenters. The van der Waals surface area contributed by atoms with E-state index in [0.717, 1.165) is 52.4 Å². The van der Waals surface area contributed by atoms with Gasteiger partial charge in [-0.25, -0.2) is 0 Å². The third kappa shape index (κ3) is 5.17. The Labute approximate surface area is 107 Å². The Kier molecular flexibility index (Phi) is 5.99. The SMILES string of the molecule is c1cc(CCNCCOCC2CCOC2)cs1. The van der Waals surface area contributed by atoms with E-state index in [-0.39, 0.29) is 0 Å². The van der Waals surface area contributed by atoms with Crippen LogP contribution >= 0.6 is 11.3 Å². The second kappa shape index (κ2) is 7.82. The van der Waals surface area contributed by atoms with E-state index in [1.165, 1.54) is 5.56 Å². The number of thiophene rings is 1. The molecule has 1 aromatic rings. The van der Waals surface area contributed by atoms with Gasteiger partial charge in [0.1, 0.15) is 0 Å². The molecule has 0 spiro atoms. The van der Waals surface area contributed by atoms with Gasteiger partial charge in [0.25, 0.3) is 0 Å². The van der Waals surface area contributed by atoms with Crippen LogP contribution in [0.3, 0.4) is 0 Å². The van der Waals surface area contributed by atoms with Crippen LogP contribution in [0.5, 0.6) is 0 Å². The minimum atomic E-state index is 0.626. The Balaban J connectivity index is 1.39. The summed E-state index contributed by atoms with van der Waals surface area (Å²) in [6.45, 7) is 5.43. The summed E-state index contributed by atoms with van der Waals surface area (Å²) in [7, 11) is 0. The van der Waals surface area contributed by atoms with Crippen molar-refractivity contribution in [2.75, 3.05) is 39.5 Å². The molecule has 0 aromatic carbocycles. The zero-order valence-electron chi connectivity index (χ0n) is 10.2. The summed E-state index contributed by atoms with van der Waals surface area (Å²) in [6.07, 6.45) is 2.27. The van der Waals surface area contributed by atoms with Gasteiger partial charge in [-0.2, -0.15) is 11.3 Å². The quantitative estimate of drug-likeness (QED) is 0.720. The van der Waals surface area contributed by atoms with E-state index in [1.807, 2.05) is 0 Å². The van der Waals surface area contributed by atoms with Crippen molar-refractivity contribution >= 4 is 11.3 Å². The van der Waals surface area contributed by atoms with E-state index in [9.17, 15) is 0 Å². The predicted octanol–water partition coefficient (Wildman–Crippen LogP) is 1.93. The highest BCUT2D eigenvalue weighted by molar-refractivity contribution is 7.07. The first kappa shape index (κ1) is 13.0. The normalized spacial score (nSPS) is 19.9. The van der Waals surface area contributed by atoms with E-state index >= 15 is 0 Å². The van der Waals surface area contributed by atoms with Crippen LogP contribution in [0.2, 0.25) is 0 Å². The molecule has 17 heavy (non-hydrogen) atoms. The highest BCUT2D eigenvalue weighted by atomic mass is 32.1. The second-order valence-electron chi connectivity index (χ2n) is 4.44. The predicted molar refractivity (Wildman–Crippen MR) is 70.6 cm³/mol. The number of ether oxygens (including phenoxy) is 2. The van der Waals surface area contributed by atoms with Crippen molar-refractivity contribution in [3.8, 4) is 0 Å². The first-order chi connectivity index (χ1) is 8.45. The molecule has 0 radical (unpaired) electrons. The molecule has 2 rings (SSSR count). The summed E-state index contributed by atoms with van der Waals surface area (Å²) in [5.41, 5.74) is 1.42. The molecule has 1 N–H and O–H groups in total. The van der Waals surface area contributed by atoms with Crippen LogP contribution in [0.15, 0.2) is 16.8 Å². The maximum absolute atomic E-state index is 5.61. The van der Waals surface area contributed by atoms with Gasteiger partial charge in [-0.1, -0.05) is 0 Å². The molecule has 0 amide bonds. The van der Waals surface area contributed by atoms with Gasteiger partial charge in [0.15, 0.2) is 0 Å². The Bertz CT molecular complexity index is 284. The minimum Gasteiger partial charge on any atom is -0.381 e. The summed E-state index contributed by atoms with van der Waals surface area (Å²) in [6, 6.07) is 2.18. The first-order valence-corrected chi connectivity index (χ1v) is 7.27. The highest BCUT2D eigenvalue weighted by Crippen LogP contribution is 2.11. The highest BCUT2D eigenvalue weighted by Gasteiger charge is 2.14. The molecule has 0 aliphatic carbocycles. The van der Waals surface area contributed by atoms with Gasteiger partial charge >= 0.3 is 0 Å². The fraction of sp³-hybridized carbons (Fsp3) is 0.692. The molecule has 2 heterocycles. The van der Waals surface area contributed by atoms with Gasteiger partial charge in [-0.3, -0.25) is 0 Å². The molecule has 1 fully saturated rings. The van der Waals surface area contributed by atoms with Gasteiger partial charge in [-0.05, 0) is 41.8 Å². The fourth-order valence-corrected chi connectivity index (χ4v) is 2.60. The average Bonchev–Trinajstić information content (AvgIpc) is 3.00. The van der Waals surface area contributed by atoms with Gasteiger partial charge in [0.2, 0.25) is 0 Å². The Hall–Kier alpha value is -0.420. The van der Waals surface area contributed by atoms with Gasteiger partial charge in [0, 0.05) is 19.1 Å². The summed E-state index contributed by atoms with van der Waals surface area (Å²) < 4.78 is 10.9. The van der Waals surface area contributed by atoms with Crippen molar-refractivity contribution in [1.29, 1.82) is 0 Å². The molecule has 0 saturated carbocycles. The van der Waals surface area contributed by atoms with Gasteiger partial charge < -0.3 is 14.8 Å². The van der Waals surface area contributed by atoms with E-state index in [0.29, 0.717) is 5.92 Å². The Morgan fingerprint density at radius 3 is 3.24 bits per heavy atom. The largest absolute Gasteiger partial charge is 0.381 e. The molecule has 1 atom stereocenters. The maximum Gasteiger partial charge on any atom is 0.0591 e. The lowest BCUT2D eigenvalue weighted by Gasteiger charge is -2.09. The summed E-state index contributed by atoms with van der Waals surface area (Å²) in [5.74, 6) is 0.626. The third-order valence-corrected chi connectivity index (χ3v) is 3.70. The zero-order valence-corrected chi connectivity index (χ0v) is 11.0. The van der Waals surface area contributed by atoms with Crippen molar-refractivity contribution in [2.24, 2.45) is 5.92 Å². The van der Waals surface area contributed by atoms with E-state index < -0.39 is 0 Å². The molecule has 1 aromatic heterocycles. The van der Waals surface area contributed by atoms with Crippen molar-refractivity contribution < 1.29 is 9.47 Å². The first-order valence-electron chi connectivity index (χ1n) is 6.32. The number of hydrogen-bond acceptors (Lipinski definition) is 4.